The van der Waals surface area contributed by atoms with Gasteiger partial charge in [-0.25, -0.2) is 0 Å². The van der Waals surface area contributed by atoms with Gasteiger partial charge in [-0.1, -0.05) is 6.92 Å². The minimum Gasteiger partial charge on any atom is -0.352 e. The van der Waals surface area contributed by atoms with Crippen molar-refractivity contribution in [3.05, 3.63) is 29.8 Å². The maximum Gasteiger partial charge on any atom is 0.251 e. The van der Waals surface area contributed by atoms with Gasteiger partial charge in [0.1, 0.15) is 12.1 Å². The van der Waals surface area contributed by atoms with Crippen LogP contribution in [0.25, 0.3) is 0 Å². The van der Waals surface area contributed by atoms with Gasteiger partial charge in [0.25, 0.3) is 5.91 Å². The van der Waals surface area contributed by atoms with E-state index in [0.29, 0.717) is 17.8 Å². The lowest BCUT2D eigenvalue weighted by molar-refractivity contribution is 0.0953. The highest BCUT2D eigenvalue weighted by Crippen LogP contribution is 2.09. The van der Waals surface area contributed by atoms with Gasteiger partial charge in [-0.3, -0.25) is 10.2 Å². The lowest BCUT2D eigenvalue weighted by Crippen LogP contribution is -2.23. The lowest BCUT2D eigenvalue weighted by atomic mass is 10.2. The number of amides is 1. The summed E-state index contributed by atoms with van der Waals surface area (Å²) in [7, 11) is 0. The Bertz CT molecular complexity index is 532. The molecule has 0 spiro atoms. The van der Waals surface area contributed by atoms with Crippen LogP contribution >= 0.6 is 0 Å². The topological polar surface area (TPSA) is 101 Å². The highest BCUT2D eigenvalue weighted by atomic mass is 16.1. The third-order valence-electron chi connectivity index (χ3n) is 2.19. The van der Waals surface area contributed by atoms with Crippen molar-refractivity contribution < 1.29 is 4.79 Å². The van der Waals surface area contributed by atoms with Gasteiger partial charge in [0.2, 0.25) is 5.71 Å². The van der Waals surface area contributed by atoms with Crippen molar-refractivity contribution in [2.24, 2.45) is 5.10 Å². The molecule has 0 aromatic heterocycles. The smallest absolute Gasteiger partial charge is 0.251 e. The van der Waals surface area contributed by atoms with Gasteiger partial charge in [-0.2, -0.15) is 15.6 Å². The minimum atomic E-state index is -0.259. The number of hydrogen-bond acceptors (Lipinski definition) is 5. The predicted molar refractivity (Wildman–Crippen MR) is 71.3 cm³/mol. The molecular formula is C13H13N5O. The summed E-state index contributed by atoms with van der Waals surface area (Å²) in [5.74, 6) is -0.133. The van der Waals surface area contributed by atoms with E-state index in [-0.39, 0.29) is 11.6 Å². The van der Waals surface area contributed by atoms with Crippen LogP contribution in [0.1, 0.15) is 23.7 Å². The van der Waals surface area contributed by atoms with Crippen molar-refractivity contribution in [1.82, 2.24) is 5.32 Å². The van der Waals surface area contributed by atoms with Crippen LogP contribution in [-0.2, 0) is 0 Å². The first-order chi connectivity index (χ1) is 9.21. The maximum absolute atomic E-state index is 11.6. The molecule has 0 saturated carbocycles. The lowest BCUT2D eigenvalue weighted by Gasteiger charge is -2.04. The third kappa shape index (κ3) is 4.49. The molecule has 1 rings (SSSR count). The van der Waals surface area contributed by atoms with E-state index in [9.17, 15) is 4.79 Å². The molecule has 0 heterocycles. The van der Waals surface area contributed by atoms with Gasteiger partial charge < -0.3 is 5.32 Å². The first kappa shape index (κ1) is 14.2. The van der Waals surface area contributed by atoms with E-state index in [1.54, 1.807) is 36.4 Å². The van der Waals surface area contributed by atoms with E-state index in [0.717, 1.165) is 6.42 Å². The number of nitrogens with zero attached hydrogens (tertiary/aromatic N) is 3. The van der Waals surface area contributed by atoms with Gasteiger partial charge in [0.15, 0.2) is 0 Å². The second kappa shape index (κ2) is 7.46. The van der Waals surface area contributed by atoms with Crippen LogP contribution in [0.2, 0.25) is 0 Å². The number of benzene rings is 1. The molecular weight excluding hydrogens is 242 g/mol. The molecule has 0 unspecified atom stereocenters. The fourth-order valence-electron chi connectivity index (χ4n) is 1.23. The zero-order valence-electron chi connectivity index (χ0n) is 10.5. The molecule has 2 N–H and O–H groups in total. The Morgan fingerprint density at radius 2 is 1.89 bits per heavy atom. The SMILES string of the molecule is CCCNC(=O)c1ccc(NN=C(C#N)C#N)cc1. The first-order valence-electron chi connectivity index (χ1n) is 5.73. The van der Waals surface area contributed by atoms with Gasteiger partial charge >= 0.3 is 0 Å². The normalized spacial score (nSPS) is 8.79. The molecule has 0 bridgehead atoms. The number of hydrazone groups is 1. The van der Waals surface area contributed by atoms with Crippen LogP contribution < -0.4 is 10.7 Å². The molecule has 0 saturated heterocycles. The van der Waals surface area contributed by atoms with Gasteiger partial charge in [-0.05, 0) is 30.7 Å². The third-order valence-corrected chi connectivity index (χ3v) is 2.19. The Kier molecular flexibility index (Phi) is 5.58. The monoisotopic (exact) mass is 255 g/mol. The van der Waals surface area contributed by atoms with Crippen molar-refractivity contribution in [2.75, 3.05) is 12.0 Å². The zero-order valence-corrected chi connectivity index (χ0v) is 10.5. The molecule has 1 amide bonds. The fraction of sp³-hybridized carbons (Fsp3) is 0.231. The summed E-state index contributed by atoms with van der Waals surface area (Å²) in [6.45, 7) is 2.62. The zero-order chi connectivity index (χ0) is 14.1. The summed E-state index contributed by atoms with van der Waals surface area (Å²) >= 11 is 0. The van der Waals surface area contributed by atoms with Crippen molar-refractivity contribution >= 4 is 17.3 Å². The molecule has 6 nitrogen and oxygen atoms in total. The van der Waals surface area contributed by atoms with Crippen molar-refractivity contribution in [1.29, 1.82) is 10.5 Å². The summed E-state index contributed by atoms with van der Waals surface area (Å²) in [6, 6.07) is 9.85. The Balaban J connectivity index is 2.67. The summed E-state index contributed by atoms with van der Waals surface area (Å²) in [5.41, 5.74) is 3.45. The Morgan fingerprint density at radius 1 is 1.26 bits per heavy atom. The largest absolute Gasteiger partial charge is 0.352 e. The van der Waals surface area contributed by atoms with E-state index in [1.807, 2.05) is 6.92 Å². The molecule has 1 aromatic carbocycles. The van der Waals surface area contributed by atoms with E-state index >= 15 is 0 Å². The van der Waals surface area contributed by atoms with Crippen LogP contribution in [0.5, 0.6) is 0 Å². The number of hydrogen-bond donors (Lipinski definition) is 2. The van der Waals surface area contributed by atoms with Crippen LogP contribution in [-0.4, -0.2) is 18.2 Å². The predicted octanol–water partition coefficient (Wildman–Crippen LogP) is 1.64. The molecule has 6 heteroatoms. The molecule has 19 heavy (non-hydrogen) atoms. The molecule has 0 aliphatic carbocycles. The maximum atomic E-state index is 11.6. The highest BCUT2D eigenvalue weighted by molar-refractivity contribution is 6.10. The number of carbonyl (C=O) groups is 1. The summed E-state index contributed by atoms with van der Waals surface area (Å²) in [4.78, 5) is 11.6. The summed E-state index contributed by atoms with van der Waals surface area (Å²) in [5, 5.41) is 23.4. The second-order valence-electron chi connectivity index (χ2n) is 3.63. The molecule has 0 aliphatic rings. The van der Waals surface area contributed by atoms with Gasteiger partial charge in [-0.15, -0.1) is 0 Å². The highest BCUT2D eigenvalue weighted by Gasteiger charge is 2.03. The van der Waals surface area contributed by atoms with E-state index in [1.165, 1.54) is 0 Å². The quantitative estimate of drug-likeness (QED) is 0.616. The summed E-state index contributed by atoms with van der Waals surface area (Å²) in [6.07, 6.45) is 0.880. The average molecular weight is 255 g/mol. The number of nitriles is 2. The van der Waals surface area contributed by atoms with Crippen molar-refractivity contribution in [3.63, 3.8) is 0 Å². The molecule has 0 radical (unpaired) electrons. The molecule has 96 valence electrons. The van der Waals surface area contributed by atoms with E-state index < -0.39 is 0 Å². The molecule has 0 aliphatic heterocycles. The first-order valence-corrected chi connectivity index (χ1v) is 5.73. The molecule has 0 fully saturated rings. The Morgan fingerprint density at radius 3 is 2.42 bits per heavy atom. The van der Waals surface area contributed by atoms with E-state index in [4.69, 9.17) is 10.5 Å². The van der Waals surface area contributed by atoms with Gasteiger partial charge in [0, 0.05) is 12.1 Å². The fourth-order valence-corrected chi connectivity index (χ4v) is 1.23. The standard InChI is InChI=1S/C13H13N5O/c1-2-7-16-13(19)10-3-5-11(6-4-10)17-18-12(8-14)9-15/h3-6,17H,2,7H2,1H3,(H,16,19). The Labute approximate surface area is 111 Å². The number of anilines is 1. The number of carbonyl (C=O) groups excluding carboxylic acids is 1. The van der Waals surface area contributed by atoms with E-state index in [2.05, 4.69) is 15.8 Å². The average Bonchev–Trinajstić information content (AvgIpc) is 2.46. The van der Waals surface area contributed by atoms with Crippen LogP contribution in [0.3, 0.4) is 0 Å². The van der Waals surface area contributed by atoms with Crippen LogP contribution in [0.15, 0.2) is 29.4 Å². The molecule has 0 atom stereocenters. The minimum absolute atomic E-state index is 0.133. The van der Waals surface area contributed by atoms with Crippen molar-refractivity contribution in [3.8, 4) is 12.1 Å². The van der Waals surface area contributed by atoms with Crippen LogP contribution in [0, 0.1) is 22.7 Å². The van der Waals surface area contributed by atoms with Gasteiger partial charge in [0.05, 0.1) is 5.69 Å². The number of nitrogens with one attached hydrogen (secondary N) is 2. The number of rotatable bonds is 5. The molecule has 1 aromatic rings. The Hall–Kier alpha value is -2.86. The second-order valence-corrected chi connectivity index (χ2v) is 3.63. The van der Waals surface area contributed by atoms with Crippen LogP contribution in [0.4, 0.5) is 5.69 Å². The summed E-state index contributed by atoms with van der Waals surface area (Å²) < 4.78 is 0. The van der Waals surface area contributed by atoms with Crippen molar-refractivity contribution in [2.45, 2.75) is 13.3 Å².